The first kappa shape index (κ1) is 18.6. The summed E-state index contributed by atoms with van der Waals surface area (Å²) in [6, 6.07) is 7.89. The van der Waals surface area contributed by atoms with Gasteiger partial charge in [-0.05, 0) is 30.7 Å². The van der Waals surface area contributed by atoms with Gasteiger partial charge in [0.25, 0.3) is 0 Å². The lowest BCUT2D eigenvalue weighted by atomic mass is 10.1. The van der Waals surface area contributed by atoms with Gasteiger partial charge in [0.2, 0.25) is 0 Å². The molecule has 0 aliphatic carbocycles. The number of hydrogen-bond donors (Lipinski definition) is 2. The van der Waals surface area contributed by atoms with Crippen molar-refractivity contribution >= 4 is 34.7 Å². The predicted octanol–water partition coefficient (Wildman–Crippen LogP) is 4.57. The van der Waals surface area contributed by atoms with Crippen LogP contribution in [0.1, 0.15) is 5.56 Å². The fourth-order valence-electron chi connectivity index (χ4n) is 2.48. The largest absolute Gasteiger partial charge is 0.508 e. The molecule has 2 N–H and O–H groups in total. The van der Waals surface area contributed by atoms with Gasteiger partial charge in [-0.3, -0.25) is 4.98 Å². The van der Waals surface area contributed by atoms with E-state index in [0.717, 1.165) is 5.39 Å². The van der Waals surface area contributed by atoms with E-state index in [1.807, 2.05) is 0 Å². The van der Waals surface area contributed by atoms with Crippen LogP contribution in [0.25, 0.3) is 10.9 Å². The Morgan fingerprint density at radius 1 is 1.04 bits per heavy atom. The average Bonchev–Trinajstić information content (AvgIpc) is 2.58. The molecule has 7 heteroatoms. The number of phenols is 1. The summed E-state index contributed by atoms with van der Waals surface area (Å²) in [5, 5.41) is 13.6. The number of fused-ring (bicyclic) bond motifs is 1. The van der Waals surface area contributed by atoms with Crippen LogP contribution in [0.4, 0.5) is 15.8 Å². The number of hydrogen-bond acceptors (Lipinski definition) is 5. The summed E-state index contributed by atoms with van der Waals surface area (Å²) in [5.41, 5.74) is 1.97. The van der Waals surface area contributed by atoms with Crippen LogP contribution in [0.15, 0.2) is 36.5 Å². The monoisotopic (exact) mass is 364 g/mol. The van der Waals surface area contributed by atoms with E-state index in [9.17, 15) is 9.50 Å². The summed E-state index contributed by atoms with van der Waals surface area (Å²) in [7, 11) is 3.10. The minimum atomic E-state index is -0.448. The molecule has 0 amide bonds. The number of nitrogens with zero attached hydrogens (tertiary/aromatic N) is 1. The minimum absolute atomic E-state index is 0. The lowest BCUT2D eigenvalue weighted by Crippen LogP contribution is -1.97. The van der Waals surface area contributed by atoms with Crippen molar-refractivity contribution in [1.82, 2.24) is 4.98 Å². The van der Waals surface area contributed by atoms with Crippen LogP contribution in [-0.2, 0) is 0 Å². The molecular formula is C18H18ClFN2O3. The fourth-order valence-corrected chi connectivity index (χ4v) is 2.48. The number of methoxy groups -OCH3 is 2. The van der Waals surface area contributed by atoms with Crippen LogP contribution < -0.4 is 14.8 Å². The highest BCUT2D eigenvalue weighted by atomic mass is 35.5. The molecule has 0 spiro atoms. The van der Waals surface area contributed by atoms with Crippen LogP contribution in [0.2, 0.25) is 0 Å². The fraction of sp³-hybridized carbons (Fsp3) is 0.167. The highest BCUT2D eigenvalue weighted by molar-refractivity contribution is 5.95. The number of aryl methyl sites for hydroxylation is 1. The van der Waals surface area contributed by atoms with Gasteiger partial charge in [-0.1, -0.05) is 0 Å². The van der Waals surface area contributed by atoms with E-state index >= 15 is 0 Å². The maximum Gasteiger partial charge on any atom is 0.162 e. The van der Waals surface area contributed by atoms with Crippen molar-refractivity contribution < 1.29 is 19.0 Å². The molecule has 5 nitrogen and oxygen atoms in total. The number of aromatic nitrogens is 1. The predicted molar refractivity (Wildman–Crippen MR) is 98.2 cm³/mol. The van der Waals surface area contributed by atoms with E-state index in [2.05, 4.69) is 10.3 Å². The zero-order valence-electron chi connectivity index (χ0n) is 14.0. The van der Waals surface area contributed by atoms with Gasteiger partial charge in [0.05, 0.1) is 25.4 Å². The molecule has 3 aromatic rings. The first-order valence-corrected chi connectivity index (χ1v) is 7.30. The summed E-state index contributed by atoms with van der Waals surface area (Å²) >= 11 is 0. The number of phenolic OH excluding ortho intramolecular Hbond substituents is 1. The Kier molecular flexibility index (Phi) is 5.54. The molecule has 1 aromatic heterocycles. The molecule has 1 heterocycles. The van der Waals surface area contributed by atoms with Crippen molar-refractivity contribution in [3.8, 4) is 17.2 Å². The SMILES string of the molecule is COc1cc2nccc(Nc3cc(O)c(C)cc3F)c2cc1OC.Cl. The van der Waals surface area contributed by atoms with Crippen LogP contribution >= 0.6 is 12.4 Å². The number of anilines is 2. The summed E-state index contributed by atoms with van der Waals surface area (Å²) in [5.74, 6) is 0.689. The molecule has 0 saturated carbocycles. The van der Waals surface area contributed by atoms with Crippen molar-refractivity contribution in [3.63, 3.8) is 0 Å². The number of nitrogens with one attached hydrogen (secondary N) is 1. The van der Waals surface area contributed by atoms with E-state index in [1.54, 1.807) is 45.5 Å². The van der Waals surface area contributed by atoms with Crippen LogP contribution in [0.5, 0.6) is 17.2 Å². The maximum absolute atomic E-state index is 14.1. The van der Waals surface area contributed by atoms with Crippen LogP contribution in [-0.4, -0.2) is 24.3 Å². The van der Waals surface area contributed by atoms with Gasteiger partial charge in [0, 0.05) is 29.4 Å². The van der Waals surface area contributed by atoms with Gasteiger partial charge in [0.1, 0.15) is 11.6 Å². The van der Waals surface area contributed by atoms with Gasteiger partial charge in [-0.25, -0.2) is 4.39 Å². The molecular weight excluding hydrogens is 347 g/mol. The van der Waals surface area contributed by atoms with Crippen molar-refractivity contribution in [2.24, 2.45) is 0 Å². The summed E-state index contributed by atoms with van der Waals surface area (Å²) in [6.07, 6.45) is 1.61. The zero-order chi connectivity index (χ0) is 17.3. The lowest BCUT2D eigenvalue weighted by Gasteiger charge is -2.14. The number of halogens is 2. The molecule has 3 rings (SSSR count). The van der Waals surface area contributed by atoms with Crippen LogP contribution in [0, 0.1) is 12.7 Å². The summed E-state index contributed by atoms with van der Waals surface area (Å²) in [4.78, 5) is 4.30. The normalized spacial score (nSPS) is 10.2. The third-order valence-corrected chi connectivity index (χ3v) is 3.80. The van der Waals surface area contributed by atoms with Crippen molar-refractivity contribution in [2.45, 2.75) is 6.92 Å². The molecule has 2 aromatic carbocycles. The Morgan fingerprint density at radius 2 is 1.72 bits per heavy atom. The first-order chi connectivity index (χ1) is 11.5. The Morgan fingerprint density at radius 3 is 2.40 bits per heavy atom. The molecule has 0 unspecified atom stereocenters. The molecule has 132 valence electrons. The van der Waals surface area contributed by atoms with Gasteiger partial charge in [0.15, 0.2) is 11.5 Å². The van der Waals surface area contributed by atoms with Crippen molar-refractivity contribution in [2.75, 3.05) is 19.5 Å². The summed E-state index contributed by atoms with van der Waals surface area (Å²) in [6.45, 7) is 1.64. The van der Waals surface area contributed by atoms with E-state index in [-0.39, 0.29) is 23.8 Å². The molecule has 0 atom stereocenters. The second kappa shape index (κ2) is 7.44. The Labute approximate surface area is 150 Å². The summed E-state index contributed by atoms with van der Waals surface area (Å²) < 4.78 is 24.7. The van der Waals surface area contributed by atoms with Gasteiger partial charge >= 0.3 is 0 Å². The molecule has 0 radical (unpaired) electrons. The standard InChI is InChI=1S/C18H17FN2O3.ClH/c1-10-6-12(19)15(8-16(10)22)21-13-4-5-20-14-9-18(24-3)17(23-2)7-11(13)14;/h4-9,22H,1-3H3,(H,20,21);1H. The molecule has 0 bridgehead atoms. The van der Waals surface area contributed by atoms with Gasteiger partial charge in [-0.2, -0.15) is 0 Å². The van der Waals surface area contributed by atoms with E-state index < -0.39 is 5.82 Å². The second-order valence-corrected chi connectivity index (χ2v) is 5.33. The second-order valence-electron chi connectivity index (χ2n) is 5.33. The van der Waals surface area contributed by atoms with E-state index in [1.165, 1.54) is 12.1 Å². The van der Waals surface area contributed by atoms with E-state index in [4.69, 9.17) is 9.47 Å². The Hall–Kier alpha value is -2.73. The smallest absolute Gasteiger partial charge is 0.162 e. The van der Waals surface area contributed by atoms with Gasteiger partial charge in [-0.15, -0.1) is 12.4 Å². The Balaban J connectivity index is 0.00000225. The molecule has 0 saturated heterocycles. The van der Waals surface area contributed by atoms with Crippen molar-refractivity contribution in [3.05, 3.63) is 47.9 Å². The first-order valence-electron chi connectivity index (χ1n) is 7.30. The molecule has 0 fully saturated rings. The van der Waals surface area contributed by atoms with Crippen LogP contribution in [0.3, 0.4) is 0 Å². The zero-order valence-corrected chi connectivity index (χ0v) is 14.8. The molecule has 25 heavy (non-hydrogen) atoms. The third kappa shape index (κ3) is 3.53. The highest BCUT2D eigenvalue weighted by Crippen LogP contribution is 2.36. The maximum atomic E-state index is 14.1. The number of pyridine rings is 1. The average molecular weight is 365 g/mol. The topological polar surface area (TPSA) is 63.6 Å². The number of aromatic hydroxyl groups is 1. The van der Waals surface area contributed by atoms with E-state index in [0.29, 0.717) is 28.3 Å². The number of rotatable bonds is 4. The van der Waals surface area contributed by atoms with Crippen molar-refractivity contribution in [1.29, 1.82) is 0 Å². The molecule has 0 aliphatic rings. The Bertz CT molecular complexity index is 918. The number of benzene rings is 2. The third-order valence-electron chi connectivity index (χ3n) is 3.80. The highest BCUT2D eigenvalue weighted by Gasteiger charge is 2.12. The number of ether oxygens (including phenoxy) is 2. The lowest BCUT2D eigenvalue weighted by molar-refractivity contribution is 0.356. The van der Waals surface area contributed by atoms with Gasteiger partial charge < -0.3 is 19.9 Å². The minimum Gasteiger partial charge on any atom is -0.508 e. The quantitative estimate of drug-likeness (QED) is 0.710. The molecule has 0 aliphatic heterocycles.